The van der Waals surface area contributed by atoms with E-state index >= 15 is 0 Å². The molecule has 0 bridgehead atoms. The molecular formula is C10H13ClN2O2S. The van der Waals surface area contributed by atoms with Gasteiger partial charge in [0.25, 0.3) is 0 Å². The van der Waals surface area contributed by atoms with Crippen LogP contribution in [0.25, 0.3) is 0 Å². The maximum Gasteiger partial charge on any atom is 0.243 e. The zero-order valence-corrected chi connectivity index (χ0v) is 10.5. The van der Waals surface area contributed by atoms with Gasteiger partial charge in [-0.05, 0) is 24.5 Å². The highest BCUT2D eigenvalue weighted by Gasteiger charge is 2.30. The molecule has 0 N–H and O–H groups in total. The predicted octanol–water partition coefficient (Wildman–Crippen LogP) is 1.77. The SMILES string of the molecule is CC1CCN(S(=O)(=O)c2ccnc(Cl)c2)C1. The van der Waals surface area contributed by atoms with E-state index in [1.54, 1.807) is 0 Å². The van der Waals surface area contributed by atoms with Gasteiger partial charge in [-0.1, -0.05) is 18.5 Å². The van der Waals surface area contributed by atoms with Crippen LogP contribution in [0.4, 0.5) is 0 Å². The van der Waals surface area contributed by atoms with Gasteiger partial charge in [-0.25, -0.2) is 13.4 Å². The number of sulfonamides is 1. The fraction of sp³-hybridized carbons (Fsp3) is 0.500. The summed E-state index contributed by atoms with van der Waals surface area (Å²) in [4.78, 5) is 4.00. The molecular weight excluding hydrogens is 248 g/mol. The average molecular weight is 261 g/mol. The van der Waals surface area contributed by atoms with Gasteiger partial charge in [0.05, 0.1) is 4.90 Å². The first-order valence-electron chi connectivity index (χ1n) is 5.12. The zero-order valence-electron chi connectivity index (χ0n) is 8.93. The van der Waals surface area contributed by atoms with Crippen molar-refractivity contribution in [1.82, 2.24) is 9.29 Å². The Balaban J connectivity index is 2.32. The van der Waals surface area contributed by atoms with Crippen molar-refractivity contribution >= 4 is 21.6 Å². The van der Waals surface area contributed by atoms with Gasteiger partial charge in [0.15, 0.2) is 0 Å². The van der Waals surface area contributed by atoms with Gasteiger partial charge in [0.2, 0.25) is 10.0 Å². The maximum atomic E-state index is 12.2. The molecule has 1 atom stereocenters. The van der Waals surface area contributed by atoms with E-state index in [4.69, 9.17) is 11.6 Å². The molecule has 0 amide bonds. The lowest BCUT2D eigenvalue weighted by molar-refractivity contribution is 0.464. The minimum absolute atomic E-state index is 0.202. The first-order valence-corrected chi connectivity index (χ1v) is 6.93. The molecule has 2 heterocycles. The van der Waals surface area contributed by atoms with E-state index in [2.05, 4.69) is 11.9 Å². The van der Waals surface area contributed by atoms with Crippen molar-refractivity contribution in [2.45, 2.75) is 18.2 Å². The van der Waals surface area contributed by atoms with E-state index in [0.717, 1.165) is 6.42 Å². The Kier molecular flexibility index (Phi) is 3.19. The normalized spacial score (nSPS) is 22.5. The Hall–Kier alpha value is -0.650. The summed E-state index contributed by atoms with van der Waals surface area (Å²) >= 11 is 5.69. The van der Waals surface area contributed by atoms with Gasteiger partial charge in [-0.3, -0.25) is 0 Å². The molecule has 1 aliphatic heterocycles. The summed E-state index contributed by atoms with van der Waals surface area (Å²) in [5, 5.41) is 0.202. The molecule has 88 valence electrons. The monoisotopic (exact) mass is 260 g/mol. The van der Waals surface area contributed by atoms with Crippen molar-refractivity contribution in [3.63, 3.8) is 0 Å². The fourth-order valence-corrected chi connectivity index (χ4v) is 3.63. The van der Waals surface area contributed by atoms with Gasteiger partial charge < -0.3 is 0 Å². The topological polar surface area (TPSA) is 50.3 Å². The fourth-order valence-electron chi connectivity index (χ4n) is 1.81. The smallest absolute Gasteiger partial charge is 0.243 e. The summed E-state index contributed by atoms with van der Waals surface area (Å²) in [5.74, 6) is 0.423. The molecule has 0 aliphatic carbocycles. The predicted molar refractivity (Wildman–Crippen MR) is 61.8 cm³/mol. The summed E-state index contributed by atoms with van der Waals surface area (Å²) in [5.41, 5.74) is 0. The van der Waals surface area contributed by atoms with Crippen LogP contribution in [-0.2, 0) is 10.0 Å². The standard InChI is InChI=1S/C10H13ClN2O2S/c1-8-3-5-13(7-8)16(14,15)9-2-4-12-10(11)6-9/h2,4,6,8H,3,5,7H2,1H3. The van der Waals surface area contributed by atoms with E-state index in [1.807, 2.05) is 0 Å². The second-order valence-electron chi connectivity index (χ2n) is 4.07. The lowest BCUT2D eigenvalue weighted by Gasteiger charge is -2.15. The number of aromatic nitrogens is 1. The Morgan fingerprint density at radius 2 is 2.31 bits per heavy atom. The highest BCUT2D eigenvalue weighted by atomic mass is 35.5. The van der Waals surface area contributed by atoms with E-state index in [9.17, 15) is 8.42 Å². The van der Waals surface area contributed by atoms with Crippen LogP contribution in [0.15, 0.2) is 23.2 Å². The number of hydrogen-bond donors (Lipinski definition) is 0. The van der Waals surface area contributed by atoms with Crippen LogP contribution in [0.1, 0.15) is 13.3 Å². The van der Waals surface area contributed by atoms with E-state index in [-0.39, 0.29) is 10.0 Å². The number of nitrogens with zero attached hydrogens (tertiary/aromatic N) is 2. The molecule has 0 aromatic carbocycles. The summed E-state index contributed by atoms with van der Waals surface area (Å²) in [6.45, 7) is 3.22. The van der Waals surface area contributed by atoms with Crippen LogP contribution in [0.3, 0.4) is 0 Å². The van der Waals surface area contributed by atoms with Crippen LogP contribution in [0.5, 0.6) is 0 Å². The molecule has 1 aliphatic rings. The maximum absolute atomic E-state index is 12.2. The summed E-state index contributed by atoms with van der Waals surface area (Å²) in [7, 11) is -3.39. The minimum Gasteiger partial charge on any atom is -0.244 e. The summed E-state index contributed by atoms with van der Waals surface area (Å²) < 4.78 is 25.8. The molecule has 1 aromatic rings. The number of pyridine rings is 1. The minimum atomic E-state index is -3.39. The molecule has 1 fully saturated rings. The molecule has 1 unspecified atom stereocenters. The van der Waals surface area contributed by atoms with Crippen LogP contribution >= 0.6 is 11.6 Å². The number of hydrogen-bond acceptors (Lipinski definition) is 3. The molecule has 4 nitrogen and oxygen atoms in total. The molecule has 16 heavy (non-hydrogen) atoms. The third kappa shape index (κ3) is 2.21. The van der Waals surface area contributed by atoms with Crippen LogP contribution in [0, 0.1) is 5.92 Å². The van der Waals surface area contributed by atoms with Gasteiger partial charge >= 0.3 is 0 Å². The van der Waals surface area contributed by atoms with Crippen LogP contribution in [0.2, 0.25) is 5.15 Å². The molecule has 6 heteroatoms. The molecule has 1 aromatic heterocycles. The second kappa shape index (κ2) is 4.31. The first kappa shape index (κ1) is 11.8. The summed E-state index contributed by atoms with van der Waals surface area (Å²) in [6.07, 6.45) is 2.33. The van der Waals surface area contributed by atoms with Gasteiger partial charge in [-0.2, -0.15) is 4.31 Å². The third-order valence-electron chi connectivity index (χ3n) is 2.72. The number of rotatable bonds is 2. The molecule has 0 saturated carbocycles. The van der Waals surface area contributed by atoms with Crippen molar-refractivity contribution in [3.8, 4) is 0 Å². The molecule has 2 rings (SSSR count). The average Bonchev–Trinajstić information content (AvgIpc) is 2.65. The Morgan fingerprint density at radius 3 is 2.88 bits per heavy atom. The highest BCUT2D eigenvalue weighted by Crippen LogP contribution is 2.24. The summed E-state index contributed by atoms with van der Waals surface area (Å²) in [6, 6.07) is 2.87. The van der Waals surface area contributed by atoms with Gasteiger partial charge in [0, 0.05) is 19.3 Å². The second-order valence-corrected chi connectivity index (χ2v) is 6.40. The van der Waals surface area contributed by atoms with E-state index in [1.165, 1.54) is 22.6 Å². The Morgan fingerprint density at radius 1 is 1.56 bits per heavy atom. The third-order valence-corrected chi connectivity index (χ3v) is 4.79. The van der Waals surface area contributed by atoms with Crippen LogP contribution in [-0.4, -0.2) is 30.8 Å². The van der Waals surface area contributed by atoms with E-state index < -0.39 is 10.0 Å². The molecule has 0 spiro atoms. The first-order chi connectivity index (χ1) is 7.50. The van der Waals surface area contributed by atoms with Crippen molar-refractivity contribution in [3.05, 3.63) is 23.5 Å². The van der Waals surface area contributed by atoms with Crippen molar-refractivity contribution in [1.29, 1.82) is 0 Å². The molecule has 1 saturated heterocycles. The van der Waals surface area contributed by atoms with Crippen LogP contribution < -0.4 is 0 Å². The zero-order chi connectivity index (χ0) is 11.8. The quantitative estimate of drug-likeness (QED) is 0.762. The number of halogens is 1. The Bertz CT molecular complexity index is 489. The Labute approximate surface area is 100 Å². The lowest BCUT2D eigenvalue weighted by atomic mass is 10.2. The van der Waals surface area contributed by atoms with Crippen molar-refractivity contribution < 1.29 is 8.42 Å². The van der Waals surface area contributed by atoms with E-state index in [0.29, 0.717) is 19.0 Å². The van der Waals surface area contributed by atoms with Gasteiger partial charge in [-0.15, -0.1) is 0 Å². The largest absolute Gasteiger partial charge is 0.244 e. The highest BCUT2D eigenvalue weighted by molar-refractivity contribution is 7.89. The van der Waals surface area contributed by atoms with Gasteiger partial charge in [0.1, 0.15) is 5.15 Å². The van der Waals surface area contributed by atoms with Crippen molar-refractivity contribution in [2.24, 2.45) is 5.92 Å². The lowest BCUT2D eigenvalue weighted by Crippen LogP contribution is -2.28. The van der Waals surface area contributed by atoms with Crippen molar-refractivity contribution in [2.75, 3.05) is 13.1 Å². The molecule has 0 radical (unpaired) electrons.